The Morgan fingerprint density at radius 1 is 0.907 bits per heavy atom. The van der Waals surface area contributed by atoms with Crippen LogP contribution in [0.25, 0.3) is 0 Å². The maximum absolute atomic E-state index is 14.0. The third-order valence-electron chi connectivity index (χ3n) is 7.84. The number of ketones is 1. The monoisotopic (exact) mass is 623 g/mol. The lowest BCUT2D eigenvalue weighted by atomic mass is 9.85. The Morgan fingerprint density at radius 3 is 2.14 bits per heavy atom. The van der Waals surface area contributed by atoms with Crippen molar-refractivity contribution in [3.63, 3.8) is 0 Å². The summed E-state index contributed by atoms with van der Waals surface area (Å²) in [5, 5.41) is 11.5. The predicted molar refractivity (Wildman–Crippen MR) is 173 cm³/mol. The number of nitrogens with zero attached hydrogens (tertiary/aromatic N) is 1. The van der Waals surface area contributed by atoms with E-state index in [2.05, 4.69) is 49.0 Å². The lowest BCUT2D eigenvalue weighted by Crippen LogP contribution is -2.60. The minimum Gasteiger partial charge on any atom is -0.349 e. The van der Waals surface area contributed by atoms with E-state index in [0.717, 1.165) is 37.9 Å². The topological polar surface area (TPSA) is 137 Å². The number of thioether (sulfide) groups is 1. The van der Waals surface area contributed by atoms with E-state index in [0.29, 0.717) is 44.7 Å². The third-order valence-corrected chi connectivity index (χ3v) is 9.28. The molecular formula is C32H57N5O5S. The first kappa shape index (κ1) is 36.9. The summed E-state index contributed by atoms with van der Waals surface area (Å²) in [6.07, 6.45) is 7.03. The molecule has 4 atom stereocenters. The van der Waals surface area contributed by atoms with Crippen molar-refractivity contribution in [1.82, 2.24) is 26.2 Å². The molecule has 0 bridgehead atoms. The molecule has 3 unspecified atom stereocenters. The number of carbonyl (C=O) groups excluding carboxylic acids is 5. The molecule has 2 fully saturated rings. The summed E-state index contributed by atoms with van der Waals surface area (Å²) in [6.45, 7) is 16.9. The van der Waals surface area contributed by atoms with Gasteiger partial charge in [-0.15, -0.1) is 0 Å². The number of hydrogen-bond acceptors (Lipinski definition) is 6. The molecule has 11 heteroatoms. The Balaban J connectivity index is 2.13. The van der Waals surface area contributed by atoms with Crippen molar-refractivity contribution >= 4 is 41.3 Å². The summed E-state index contributed by atoms with van der Waals surface area (Å²) in [5.41, 5.74) is -0.612. The fourth-order valence-electron chi connectivity index (χ4n) is 5.14. The van der Waals surface area contributed by atoms with E-state index in [1.54, 1.807) is 11.8 Å². The molecule has 10 nitrogen and oxygen atoms in total. The van der Waals surface area contributed by atoms with Crippen LogP contribution in [0, 0.1) is 11.3 Å². The van der Waals surface area contributed by atoms with Gasteiger partial charge in [-0.1, -0.05) is 81.1 Å². The molecule has 0 aromatic rings. The van der Waals surface area contributed by atoms with Gasteiger partial charge in [0.2, 0.25) is 17.6 Å². The molecule has 246 valence electrons. The largest absolute Gasteiger partial charge is 0.349 e. The summed E-state index contributed by atoms with van der Waals surface area (Å²) in [5.74, 6) is -0.989. The zero-order valence-corrected chi connectivity index (χ0v) is 28.6. The number of urea groups is 1. The van der Waals surface area contributed by atoms with Gasteiger partial charge < -0.3 is 26.2 Å². The number of amides is 5. The smallest absolute Gasteiger partial charge is 0.315 e. The molecule has 1 aliphatic heterocycles. The van der Waals surface area contributed by atoms with Gasteiger partial charge in [0.05, 0.1) is 6.04 Å². The van der Waals surface area contributed by atoms with Crippen LogP contribution in [0.1, 0.15) is 113 Å². The Hall–Kier alpha value is -2.30. The molecule has 1 saturated heterocycles. The first-order valence-electron chi connectivity index (χ1n) is 16.2. The van der Waals surface area contributed by atoms with Crippen molar-refractivity contribution in [3.05, 3.63) is 0 Å². The molecule has 4 N–H and O–H groups in total. The van der Waals surface area contributed by atoms with E-state index in [-0.39, 0.29) is 16.7 Å². The van der Waals surface area contributed by atoms with Crippen molar-refractivity contribution in [3.8, 4) is 0 Å². The normalized spacial score (nSPS) is 19.3. The van der Waals surface area contributed by atoms with Gasteiger partial charge in [0.15, 0.2) is 0 Å². The summed E-state index contributed by atoms with van der Waals surface area (Å²) < 4.78 is 0.0689. The van der Waals surface area contributed by atoms with Crippen molar-refractivity contribution in [2.45, 2.75) is 142 Å². The second-order valence-corrected chi connectivity index (χ2v) is 16.1. The fraction of sp³-hybridized carbons (Fsp3) is 0.844. The molecule has 0 radical (unpaired) electrons. The zero-order chi connectivity index (χ0) is 32.4. The van der Waals surface area contributed by atoms with E-state index < -0.39 is 47.2 Å². The van der Waals surface area contributed by atoms with E-state index >= 15 is 0 Å². The highest BCUT2D eigenvalue weighted by molar-refractivity contribution is 8.00. The summed E-state index contributed by atoms with van der Waals surface area (Å²) in [4.78, 5) is 67.6. The van der Waals surface area contributed by atoms with Crippen molar-refractivity contribution in [1.29, 1.82) is 0 Å². The summed E-state index contributed by atoms with van der Waals surface area (Å²) in [6, 6.07) is -2.96. The molecule has 43 heavy (non-hydrogen) atoms. The van der Waals surface area contributed by atoms with Gasteiger partial charge in [0, 0.05) is 29.6 Å². The zero-order valence-electron chi connectivity index (χ0n) is 27.8. The lowest BCUT2D eigenvalue weighted by Gasteiger charge is -2.36. The van der Waals surface area contributed by atoms with Gasteiger partial charge in [-0.3, -0.25) is 19.2 Å². The standard InChI is InChI=1S/C32H57N5O5S/c1-9-11-13-22(20-43-32(6,7)8)34-30(42)36-26(31(3,4)5)29(41)37-18-12-14-24(37)27(39)35-23(19-21-15-16-21)25(38)28(40)33-17-10-2/h21-24,26H,9-20H2,1-8H3,(H,33,40)(H,35,39)(H2,34,36,42)/t22?,23?,24-,26?/m0/s1. The number of hydrogen-bond donors (Lipinski definition) is 4. The van der Waals surface area contributed by atoms with Crippen molar-refractivity contribution < 1.29 is 24.0 Å². The Bertz CT molecular complexity index is 972. The van der Waals surface area contributed by atoms with E-state index in [9.17, 15) is 24.0 Å². The Kier molecular flexibility index (Phi) is 14.3. The molecule has 0 aromatic carbocycles. The molecule has 0 aromatic heterocycles. The van der Waals surface area contributed by atoms with E-state index in [4.69, 9.17) is 0 Å². The van der Waals surface area contributed by atoms with Gasteiger partial charge in [-0.05, 0) is 43.4 Å². The number of carbonyl (C=O) groups is 5. The van der Waals surface area contributed by atoms with Crippen LogP contribution in [-0.2, 0) is 19.2 Å². The predicted octanol–water partition coefficient (Wildman–Crippen LogP) is 4.16. The first-order chi connectivity index (χ1) is 20.1. The van der Waals surface area contributed by atoms with Gasteiger partial charge in [-0.25, -0.2) is 4.79 Å². The van der Waals surface area contributed by atoms with Crippen LogP contribution < -0.4 is 21.3 Å². The van der Waals surface area contributed by atoms with Gasteiger partial charge in [0.25, 0.3) is 5.91 Å². The number of likely N-dealkylation sites (tertiary alicyclic amines) is 1. The molecule has 2 aliphatic rings. The second kappa shape index (κ2) is 16.7. The van der Waals surface area contributed by atoms with E-state index in [1.165, 1.54) is 4.90 Å². The van der Waals surface area contributed by atoms with Crippen LogP contribution in [0.5, 0.6) is 0 Å². The number of rotatable bonds is 16. The van der Waals surface area contributed by atoms with Gasteiger partial charge in [-0.2, -0.15) is 11.8 Å². The molecule has 1 saturated carbocycles. The van der Waals surface area contributed by atoms with Crippen molar-refractivity contribution in [2.24, 2.45) is 11.3 Å². The summed E-state index contributed by atoms with van der Waals surface area (Å²) >= 11 is 1.80. The lowest BCUT2D eigenvalue weighted by molar-refractivity contribution is -0.143. The Labute approximate surface area is 263 Å². The van der Waals surface area contributed by atoms with Crippen LogP contribution in [-0.4, -0.2) is 82.2 Å². The minimum atomic E-state index is -0.914. The Morgan fingerprint density at radius 2 is 1.58 bits per heavy atom. The van der Waals surface area contributed by atoms with Gasteiger partial charge in [0.1, 0.15) is 12.1 Å². The molecule has 5 amide bonds. The molecule has 2 rings (SSSR count). The van der Waals surface area contributed by atoms with Crippen LogP contribution >= 0.6 is 11.8 Å². The second-order valence-electron chi connectivity index (χ2n) is 14.2. The fourth-order valence-corrected chi connectivity index (χ4v) is 6.10. The molecule has 0 spiro atoms. The molecule has 1 aliphatic carbocycles. The summed E-state index contributed by atoms with van der Waals surface area (Å²) in [7, 11) is 0. The van der Waals surface area contributed by atoms with Crippen LogP contribution in [0.15, 0.2) is 0 Å². The van der Waals surface area contributed by atoms with Crippen LogP contribution in [0.3, 0.4) is 0 Å². The van der Waals surface area contributed by atoms with Crippen LogP contribution in [0.2, 0.25) is 0 Å². The minimum absolute atomic E-state index is 0.0272. The highest BCUT2D eigenvalue weighted by Crippen LogP contribution is 2.34. The average molecular weight is 624 g/mol. The molecular weight excluding hydrogens is 566 g/mol. The molecule has 1 heterocycles. The van der Waals surface area contributed by atoms with Crippen molar-refractivity contribution in [2.75, 3.05) is 18.8 Å². The quantitative estimate of drug-likeness (QED) is 0.191. The average Bonchev–Trinajstić information content (AvgIpc) is 3.60. The van der Waals surface area contributed by atoms with Gasteiger partial charge >= 0.3 is 6.03 Å². The first-order valence-corrected chi connectivity index (χ1v) is 17.2. The number of nitrogens with one attached hydrogen (secondary N) is 4. The highest BCUT2D eigenvalue weighted by atomic mass is 32.2. The third kappa shape index (κ3) is 12.7. The van der Waals surface area contributed by atoms with Crippen LogP contribution in [0.4, 0.5) is 4.79 Å². The maximum atomic E-state index is 14.0. The SMILES string of the molecule is CCCCC(CSC(C)(C)C)NC(=O)NC(C(=O)N1CCC[C@H]1C(=O)NC(CC1CC1)C(=O)C(=O)NCCC)C(C)(C)C. The highest BCUT2D eigenvalue weighted by Gasteiger charge is 2.43. The number of Topliss-reactive ketones (excluding diaryl/α,β-unsaturated/α-hetero) is 1. The maximum Gasteiger partial charge on any atom is 0.315 e. The number of unbranched alkanes of at least 4 members (excludes halogenated alkanes) is 1. The van der Waals surface area contributed by atoms with E-state index in [1.807, 2.05) is 27.7 Å².